The summed E-state index contributed by atoms with van der Waals surface area (Å²) in [5.74, 6) is 0.856. The van der Waals surface area contributed by atoms with Gasteiger partial charge >= 0.3 is 0 Å². The van der Waals surface area contributed by atoms with E-state index in [0.717, 1.165) is 39.0 Å². The first kappa shape index (κ1) is 15.1. The largest absolute Gasteiger partial charge is 0.461 e. The first-order chi connectivity index (χ1) is 12.1. The van der Waals surface area contributed by atoms with Crippen LogP contribution < -0.4 is 0 Å². The third-order valence-corrected chi connectivity index (χ3v) is 4.25. The Kier molecular flexibility index (Phi) is 3.58. The molecule has 4 nitrogen and oxygen atoms in total. The Bertz CT molecular complexity index is 1060. The highest BCUT2D eigenvalue weighted by Gasteiger charge is 2.13. The summed E-state index contributed by atoms with van der Waals surface area (Å²) in [5, 5.41) is 11.9. The van der Waals surface area contributed by atoms with Gasteiger partial charge in [-0.1, -0.05) is 30.3 Å². The van der Waals surface area contributed by atoms with Crippen molar-refractivity contribution in [1.82, 2.24) is 0 Å². The van der Waals surface area contributed by atoms with Crippen LogP contribution in [0.3, 0.4) is 0 Å². The van der Waals surface area contributed by atoms with Crippen molar-refractivity contribution in [3.63, 3.8) is 0 Å². The summed E-state index contributed by atoms with van der Waals surface area (Å²) in [6, 6.07) is 22.8. The van der Waals surface area contributed by atoms with Gasteiger partial charge in [-0.15, -0.1) is 0 Å². The van der Waals surface area contributed by atoms with Crippen molar-refractivity contribution in [1.29, 1.82) is 0 Å². The number of rotatable bonds is 3. The van der Waals surface area contributed by atoms with E-state index in [4.69, 9.17) is 4.42 Å². The molecule has 0 aliphatic rings. The minimum Gasteiger partial charge on any atom is -0.461 e. The van der Waals surface area contributed by atoms with E-state index in [1.807, 2.05) is 37.3 Å². The van der Waals surface area contributed by atoms with Crippen molar-refractivity contribution in [3.8, 4) is 22.3 Å². The summed E-state index contributed by atoms with van der Waals surface area (Å²) in [6.45, 7) is 1.92. The van der Waals surface area contributed by atoms with Crippen LogP contribution in [0.1, 0.15) is 5.76 Å². The summed E-state index contributed by atoms with van der Waals surface area (Å²) in [5.41, 5.74) is 4.97. The molecule has 0 fully saturated rings. The topological polar surface area (TPSA) is 56.3 Å². The Morgan fingerprint density at radius 2 is 1.48 bits per heavy atom. The summed E-state index contributed by atoms with van der Waals surface area (Å²) in [7, 11) is 0. The summed E-state index contributed by atoms with van der Waals surface area (Å²) < 4.78 is 5.77. The maximum Gasteiger partial charge on any atom is 0.269 e. The summed E-state index contributed by atoms with van der Waals surface area (Å²) in [6.07, 6.45) is 0. The lowest BCUT2D eigenvalue weighted by Gasteiger charge is -2.10. The van der Waals surface area contributed by atoms with Crippen molar-refractivity contribution >= 4 is 16.7 Å². The van der Waals surface area contributed by atoms with Crippen LogP contribution in [-0.2, 0) is 0 Å². The molecule has 0 saturated carbocycles. The van der Waals surface area contributed by atoms with Crippen molar-refractivity contribution < 1.29 is 9.34 Å². The van der Waals surface area contributed by atoms with Gasteiger partial charge in [0.1, 0.15) is 11.3 Å². The van der Waals surface area contributed by atoms with Crippen LogP contribution >= 0.6 is 0 Å². The molecule has 4 heteroatoms. The molecule has 0 radical (unpaired) electrons. The minimum atomic E-state index is -0.388. The van der Waals surface area contributed by atoms with Gasteiger partial charge in [-0.2, -0.15) is 0 Å². The van der Waals surface area contributed by atoms with Crippen LogP contribution in [0.15, 0.2) is 77.2 Å². The van der Waals surface area contributed by atoms with Crippen LogP contribution in [0.5, 0.6) is 0 Å². The van der Waals surface area contributed by atoms with Crippen molar-refractivity contribution in [2.24, 2.45) is 0 Å². The molecule has 0 aliphatic heterocycles. The average Bonchev–Trinajstić information content (AvgIpc) is 3.00. The van der Waals surface area contributed by atoms with Gasteiger partial charge in [0, 0.05) is 17.5 Å². The van der Waals surface area contributed by atoms with Crippen LogP contribution in [-0.4, -0.2) is 4.92 Å². The highest BCUT2D eigenvalue weighted by molar-refractivity contribution is 5.94. The zero-order valence-electron chi connectivity index (χ0n) is 13.6. The van der Waals surface area contributed by atoms with E-state index in [0.29, 0.717) is 0 Å². The number of fused-ring (bicyclic) bond motifs is 1. The molecular formula is C21H15NO3. The number of nitrogens with zero attached hydrogens (tertiary/aromatic N) is 1. The van der Waals surface area contributed by atoms with Crippen LogP contribution in [0.4, 0.5) is 5.69 Å². The predicted octanol–water partition coefficient (Wildman–Crippen LogP) is 5.98. The Labute approximate surface area is 144 Å². The van der Waals surface area contributed by atoms with E-state index in [2.05, 4.69) is 18.2 Å². The number of hydrogen-bond donors (Lipinski definition) is 0. The standard InChI is InChI=1S/C21H15NO3/c1-14-11-17-12-19(15-5-3-2-4-6-15)20(13-21(17)25-14)16-7-9-18(10-8-16)22(23)24/h2-13H,1H3. The summed E-state index contributed by atoms with van der Waals surface area (Å²) >= 11 is 0. The molecule has 3 aromatic carbocycles. The highest BCUT2D eigenvalue weighted by atomic mass is 16.6. The van der Waals surface area contributed by atoms with Crippen LogP contribution in [0.25, 0.3) is 33.2 Å². The normalized spacial score (nSPS) is 10.9. The first-order valence-electron chi connectivity index (χ1n) is 7.96. The Morgan fingerprint density at radius 3 is 2.16 bits per heavy atom. The number of aryl methyl sites for hydroxylation is 1. The van der Waals surface area contributed by atoms with E-state index in [9.17, 15) is 10.1 Å². The number of hydrogen-bond acceptors (Lipinski definition) is 3. The van der Waals surface area contributed by atoms with Crippen LogP contribution in [0, 0.1) is 17.0 Å². The molecule has 0 saturated heterocycles. The molecule has 1 heterocycles. The number of nitro benzene ring substituents is 1. The molecule has 0 amide bonds. The molecule has 4 aromatic rings. The Morgan fingerprint density at radius 1 is 0.840 bits per heavy atom. The Hall–Kier alpha value is -3.40. The molecule has 4 rings (SSSR count). The first-order valence-corrected chi connectivity index (χ1v) is 7.96. The number of non-ortho nitro benzene ring substituents is 1. The zero-order chi connectivity index (χ0) is 17.4. The Balaban J connectivity index is 1.95. The van der Waals surface area contributed by atoms with Crippen molar-refractivity contribution in [2.45, 2.75) is 6.92 Å². The average molecular weight is 329 g/mol. The second-order valence-electron chi connectivity index (χ2n) is 5.96. The maximum atomic E-state index is 10.9. The number of benzene rings is 3. The zero-order valence-corrected chi connectivity index (χ0v) is 13.6. The van der Waals surface area contributed by atoms with E-state index < -0.39 is 0 Å². The monoisotopic (exact) mass is 329 g/mol. The fraction of sp³-hybridized carbons (Fsp3) is 0.0476. The molecule has 0 aliphatic carbocycles. The molecule has 1 aromatic heterocycles. The second kappa shape index (κ2) is 5.91. The van der Waals surface area contributed by atoms with Gasteiger partial charge in [0.2, 0.25) is 0 Å². The number of nitro groups is 1. The van der Waals surface area contributed by atoms with E-state index in [1.165, 1.54) is 12.1 Å². The molecular weight excluding hydrogens is 314 g/mol. The van der Waals surface area contributed by atoms with Gasteiger partial charge in [-0.25, -0.2) is 0 Å². The predicted molar refractivity (Wildman–Crippen MR) is 98.5 cm³/mol. The fourth-order valence-electron chi connectivity index (χ4n) is 3.08. The van der Waals surface area contributed by atoms with E-state index in [1.54, 1.807) is 12.1 Å². The quantitative estimate of drug-likeness (QED) is 0.343. The van der Waals surface area contributed by atoms with E-state index in [-0.39, 0.29) is 10.6 Å². The van der Waals surface area contributed by atoms with Gasteiger partial charge in [0.05, 0.1) is 4.92 Å². The second-order valence-corrected chi connectivity index (χ2v) is 5.96. The smallest absolute Gasteiger partial charge is 0.269 e. The lowest BCUT2D eigenvalue weighted by molar-refractivity contribution is -0.384. The molecule has 25 heavy (non-hydrogen) atoms. The number of furan rings is 1. The molecule has 122 valence electrons. The van der Waals surface area contributed by atoms with Gasteiger partial charge in [-0.05, 0) is 59.5 Å². The minimum absolute atomic E-state index is 0.0833. The van der Waals surface area contributed by atoms with Crippen molar-refractivity contribution in [3.05, 3.63) is 88.7 Å². The van der Waals surface area contributed by atoms with Gasteiger partial charge in [0.25, 0.3) is 5.69 Å². The molecule has 0 spiro atoms. The van der Waals surface area contributed by atoms with Gasteiger partial charge in [-0.3, -0.25) is 10.1 Å². The van der Waals surface area contributed by atoms with E-state index >= 15 is 0 Å². The third kappa shape index (κ3) is 2.78. The lowest BCUT2D eigenvalue weighted by Crippen LogP contribution is -1.89. The summed E-state index contributed by atoms with van der Waals surface area (Å²) in [4.78, 5) is 10.5. The SMILES string of the molecule is Cc1cc2cc(-c3ccccc3)c(-c3ccc([N+](=O)[O-])cc3)cc2o1. The third-order valence-electron chi connectivity index (χ3n) is 4.25. The van der Waals surface area contributed by atoms with Crippen LogP contribution in [0.2, 0.25) is 0 Å². The molecule has 0 N–H and O–H groups in total. The van der Waals surface area contributed by atoms with Gasteiger partial charge < -0.3 is 4.42 Å². The lowest BCUT2D eigenvalue weighted by atomic mass is 9.93. The molecule has 0 unspecified atom stereocenters. The maximum absolute atomic E-state index is 10.9. The molecule has 0 bridgehead atoms. The molecule has 0 atom stereocenters. The highest BCUT2D eigenvalue weighted by Crippen LogP contribution is 2.37. The fourth-order valence-corrected chi connectivity index (χ4v) is 3.08. The van der Waals surface area contributed by atoms with Crippen molar-refractivity contribution in [2.75, 3.05) is 0 Å². The van der Waals surface area contributed by atoms with Gasteiger partial charge in [0.15, 0.2) is 0 Å².